The molecule has 0 N–H and O–H groups in total. The minimum atomic E-state index is -0.200. The van der Waals surface area contributed by atoms with Gasteiger partial charge in [-0.25, -0.2) is 4.98 Å². The summed E-state index contributed by atoms with van der Waals surface area (Å²) in [5.41, 5.74) is 1.73. The Hall–Kier alpha value is -2.23. The number of thiocarbonyl (C=S) groups is 1. The first-order valence-corrected chi connectivity index (χ1v) is 12.1. The van der Waals surface area contributed by atoms with E-state index in [1.165, 1.54) is 11.8 Å². The summed E-state index contributed by atoms with van der Waals surface area (Å²) in [6.07, 6.45) is 4.20. The number of carbonyl (C=O) groups is 1. The number of pyridine rings is 1. The van der Waals surface area contributed by atoms with E-state index >= 15 is 0 Å². The van der Waals surface area contributed by atoms with Crippen LogP contribution in [0.1, 0.15) is 45.2 Å². The van der Waals surface area contributed by atoms with Crippen molar-refractivity contribution in [2.75, 3.05) is 18.0 Å². The van der Waals surface area contributed by atoms with Gasteiger partial charge >= 0.3 is 0 Å². The molecule has 3 atom stereocenters. The molecule has 0 bridgehead atoms. The third-order valence-electron chi connectivity index (χ3n) is 5.91. The summed E-state index contributed by atoms with van der Waals surface area (Å²) in [5, 5.41) is 0. The second kappa shape index (κ2) is 8.96. The van der Waals surface area contributed by atoms with Crippen LogP contribution in [0.25, 0.3) is 11.7 Å². The third-order valence-corrected chi connectivity index (χ3v) is 7.24. The van der Waals surface area contributed by atoms with Crippen LogP contribution in [0, 0.1) is 6.92 Å². The molecule has 2 aromatic heterocycles. The van der Waals surface area contributed by atoms with Gasteiger partial charge < -0.3 is 9.64 Å². The van der Waals surface area contributed by atoms with Gasteiger partial charge in [-0.3, -0.25) is 18.9 Å². The average Bonchev–Trinajstić information content (AvgIpc) is 3.02. The molecule has 4 heterocycles. The van der Waals surface area contributed by atoms with Crippen molar-refractivity contribution in [1.82, 2.24) is 14.3 Å². The fraction of sp³-hybridized carbons (Fsp3) is 0.478. The number of nitrogens with zero attached hydrogens (tertiary/aromatic N) is 4. The molecule has 0 spiro atoms. The molecule has 1 amide bonds. The number of hydrogen-bond donors (Lipinski definition) is 0. The number of ether oxygens (including phenoxy) is 1. The largest absolute Gasteiger partial charge is 0.372 e. The molecule has 170 valence electrons. The molecule has 2 saturated heterocycles. The smallest absolute Gasteiger partial charge is 0.267 e. The summed E-state index contributed by atoms with van der Waals surface area (Å²) in [6.45, 7) is 11.2. The first-order valence-electron chi connectivity index (χ1n) is 10.9. The molecule has 0 radical (unpaired) electrons. The highest BCUT2D eigenvalue weighted by molar-refractivity contribution is 8.26. The van der Waals surface area contributed by atoms with Gasteiger partial charge in [0.05, 0.1) is 22.7 Å². The van der Waals surface area contributed by atoms with Gasteiger partial charge in [0.15, 0.2) is 0 Å². The zero-order valence-corrected chi connectivity index (χ0v) is 20.6. The van der Waals surface area contributed by atoms with Crippen LogP contribution in [0.15, 0.2) is 28.0 Å². The summed E-state index contributed by atoms with van der Waals surface area (Å²) in [4.78, 5) is 35.8. The minimum absolute atomic E-state index is 0.00675. The zero-order valence-electron chi connectivity index (χ0n) is 19.0. The molecule has 0 aliphatic carbocycles. The van der Waals surface area contributed by atoms with E-state index in [1.54, 1.807) is 21.6 Å². The molecule has 2 aromatic rings. The molecule has 2 aliphatic heterocycles. The van der Waals surface area contributed by atoms with Gasteiger partial charge in [-0.2, -0.15) is 0 Å². The lowest BCUT2D eigenvalue weighted by atomic mass is 10.1. The molecule has 9 heteroatoms. The van der Waals surface area contributed by atoms with E-state index in [9.17, 15) is 9.59 Å². The molecule has 7 nitrogen and oxygen atoms in total. The Morgan fingerprint density at radius 1 is 1.31 bits per heavy atom. The Balaban J connectivity index is 1.89. The second-order valence-corrected chi connectivity index (χ2v) is 10.2. The summed E-state index contributed by atoms with van der Waals surface area (Å²) in [7, 11) is 0. The monoisotopic (exact) mass is 472 g/mol. The summed E-state index contributed by atoms with van der Waals surface area (Å²) >= 11 is 6.71. The third kappa shape index (κ3) is 4.09. The number of thioether (sulfide) groups is 1. The first kappa shape index (κ1) is 22.9. The fourth-order valence-electron chi connectivity index (χ4n) is 4.19. The van der Waals surface area contributed by atoms with Crippen LogP contribution in [-0.4, -0.2) is 55.9 Å². The van der Waals surface area contributed by atoms with Crippen molar-refractivity contribution in [3.8, 4) is 0 Å². The molecule has 32 heavy (non-hydrogen) atoms. The summed E-state index contributed by atoms with van der Waals surface area (Å²) < 4.78 is 7.96. The Bertz CT molecular complexity index is 1170. The number of carbonyl (C=O) groups excluding carboxylic acids is 1. The van der Waals surface area contributed by atoms with E-state index in [0.717, 1.165) is 12.0 Å². The van der Waals surface area contributed by atoms with Crippen molar-refractivity contribution >= 4 is 51.7 Å². The van der Waals surface area contributed by atoms with Gasteiger partial charge in [0.25, 0.3) is 11.5 Å². The van der Waals surface area contributed by atoms with E-state index in [4.69, 9.17) is 21.9 Å². The summed E-state index contributed by atoms with van der Waals surface area (Å²) in [6, 6.07) is 3.77. The number of amides is 1. The van der Waals surface area contributed by atoms with Crippen molar-refractivity contribution in [2.45, 2.75) is 59.3 Å². The molecular weight excluding hydrogens is 444 g/mol. The topological polar surface area (TPSA) is 67.2 Å². The predicted molar refractivity (Wildman–Crippen MR) is 133 cm³/mol. The molecule has 2 aliphatic rings. The van der Waals surface area contributed by atoms with Crippen LogP contribution < -0.4 is 10.5 Å². The van der Waals surface area contributed by atoms with Gasteiger partial charge in [-0.05, 0) is 51.8 Å². The fourth-order valence-corrected chi connectivity index (χ4v) is 5.64. The highest BCUT2D eigenvalue weighted by Gasteiger charge is 2.35. The Morgan fingerprint density at radius 3 is 2.66 bits per heavy atom. The molecular formula is C23H28N4O3S2. The number of fused-ring (bicyclic) bond motifs is 1. The number of anilines is 1. The van der Waals surface area contributed by atoms with Crippen molar-refractivity contribution in [3.63, 3.8) is 0 Å². The van der Waals surface area contributed by atoms with Gasteiger partial charge in [0.2, 0.25) is 0 Å². The maximum absolute atomic E-state index is 13.6. The van der Waals surface area contributed by atoms with E-state index in [1.807, 2.05) is 46.8 Å². The predicted octanol–water partition coefficient (Wildman–Crippen LogP) is 3.62. The van der Waals surface area contributed by atoms with Gasteiger partial charge in [0, 0.05) is 25.3 Å². The van der Waals surface area contributed by atoms with Crippen LogP contribution in [0.2, 0.25) is 0 Å². The maximum Gasteiger partial charge on any atom is 0.267 e. The van der Waals surface area contributed by atoms with Crippen LogP contribution in [0.4, 0.5) is 5.82 Å². The van der Waals surface area contributed by atoms with E-state index in [-0.39, 0.29) is 29.7 Å². The normalized spacial score (nSPS) is 24.1. The lowest BCUT2D eigenvalue weighted by Crippen LogP contribution is -2.46. The van der Waals surface area contributed by atoms with Crippen LogP contribution in [0.3, 0.4) is 0 Å². The molecule has 0 saturated carbocycles. The van der Waals surface area contributed by atoms with Gasteiger partial charge in [0.1, 0.15) is 15.8 Å². The van der Waals surface area contributed by atoms with E-state index in [0.29, 0.717) is 39.3 Å². The van der Waals surface area contributed by atoms with E-state index in [2.05, 4.69) is 4.90 Å². The van der Waals surface area contributed by atoms with Crippen LogP contribution in [-0.2, 0) is 9.53 Å². The van der Waals surface area contributed by atoms with Crippen molar-refractivity contribution < 1.29 is 9.53 Å². The number of rotatable bonds is 4. The second-order valence-electron chi connectivity index (χ2n) is 8.51. The van der Waals surface area contributed by atoms with Crippen LogP contribution >= 0.6 is 24.0 Å². The molecule has 2 fully saturated rings. The standard InChI is InChI=1S/C23H28N4O3S2/c1-6-14(3)27-22(29)18(32-23(27)31)10-17-20(25-11-15(4)30-16(5)12-25)24-19-13(2)8-7-9-26(19)21(17)28/h7-10,14-16H,6,11-12H2,1-5H3/b18-10+. The molecule has 0 aromatic carbocycles. The minimum Gasteiger partial charge on any atom is -0.372 e. The highest BCUT2D eigenvalue weighted by atomic mass is 32.2. The van der Waals surface area contributed by atoms with Crippen molar-refractivity contribution in [3.05, 3.63) is 44.7 Å². The maximum atomic E-state index is 13.6. The molecule has 4 rings (SSSR count). The van der Waals surface area contributed by atoms with E-state index < -0.39 is 0 Å². The molecule has 3 unspecified atom stereocenters. The lowest BCUT2D eigenvalue weighted by molar-refractivity contribution is -0.123. The number of aryl methyl sites for hydroxylation is 1. The van der Waals surface area contributed by atoms with Gasteiger partial charge in [-0.1, -0.05) is 37.0 Å². The Labute approximate surface area is 197 Å². The van der Waals surface area contributed by atoms with Crippen molar-refractivity contribution in [1.29, 1.82) is 0 Å². The SMILES string of the molecule is CCC(C)N1C(=O)/C(=C\c2c(N3CC(C)OC(C)C3)nc3c(C)cccn3c2=O)SC1=S. The zero-order chi connectivity index (χ0) is 23.2. The Kier molecular flexibility index (Phi) is 6.42. The average molecular weight is 473 g/mol. The van der Waals surface area contributed by atoms with Gasteiger partial charge in [-0.15, -0.1) is 0 Å². The van der Waals surface area contributed by atoms with Crippen LogP contribution in [0.5, 0.6) is 0 Å². The Morgan fingerprint density at radius 2 is 2.00 bits per heavy atom. The number of hydrogen-bond acceptors (Lipinski definition) is 7. The number of morpholine rings is 1. The number of aromatic nitrogens is 2. The lowest BCUT2D eigenvalue weighted by Gasteiger charge is -2.36. The quantitative estimate of drug-likeness (QED) is 0.497. The highest BCUT2D eigenvalue weighted by Crippen LogP contribution is 2.35. The van der Waals surface area contributed by atoms with Crippen molar-refractivity contribution in [2.24, 2.45) is 0 Å². The first-order chi connectivity index (χ1) is 15.2. The summed E-state index contributed by atoms with van der Waals surface area (Å²) in [5.74, 6) is 0.429.